The third kappa shape index (κ3) is 13.6. The largest absolute Gasteiger partial charge is 0.469 e. The number of nitrogens with zero attached hydrogens (tertiary/aromatic N) is 2. The normalized spacial score (nSPS) is 15.2. The number of unbranched alkanes of at least 4 members (excludes halogenated alkanes) is 3. The number of halogens is 1. The number of ether oxygens (including phenoxy) is 2. The predicted octanol–water partition coefficient (Wildman–Crippen LogP) is 2.01. The molecule has 0 saturated carbocycles. The third-order valence-corrected chi connectivity index (χ3v) is 4.18. The van der Waals surface area contributed by atoms with Crippen molar-refractivity contribution in [3.05, 3.63) is 0 Å². The summed E-state index contributed by atoms with van der Waals surface area (Å²) in [5, 5.41) is 6.67. The summed E-state index contributed by atoms with van der Waals surface area (Å²) in [6.45, 7) is 9.58. The highest BCUT2D eigenvalue weighted by Crippen LogP contribution is 2.03. The average molecular weight is 484 g/mol. The quantitative estimate of drug-likeness (QED) is 0.145. The summed E-state index contributed by atoms with van der Waals surface area (Å²) in [5.74, 6) is 0.788. The average Bonchev–Trinajstić information content (AvgIpc) is 2.64. The van der Waals surface area contributed by atoms with E-state index in [-0.39, 0.29) is 29.9 Å². The molecule has 0 bridgehead atoms. The first kappa shape index (κ1) is 25.4. The van der Waals surface area contributed by atoms with Crippen molar-refractivity contribution < 1.29 is 14.3 Å². The lowest BCUT2D eigenvalue weighted by Crippen LogP contribution is -2.38. The zero-order valence-corrected chi connectivity index (χ0v) is 18.8. The minimum absolute atomic E-state index is 0. The zero-order valence-electron chi connectivity index (χ0n) is 16.4. The number of aliphatic imine (C=N–C) groups is 1. The van der Waals surface area contributed by atoms with Gasteiger partial charge in [0.25, 0.3) is 0 Å². The Labute approximate surface area is 175 Å². The number of morpholine rings is 1. The van der Waals surface area contributed by atoms with Gasteiger partial charge in [0.1, 0.15) is 0 Å². The van der Waals surface area contributed by atoms with Crippen molar-refractivity contribution in [2.75, 3.05) is 59.6 Å². The third-order valence-electron chi connectivity index (χ3n) is 4.18. The van der Waals surface area contributed by atoms with Crippen LogP contribution in [0.4, 0.5) is 0 Å². The van der Waals surface area contributed by atoms with Crippen LogP contribution in [0.3, 0.4) is 0 Å². The smallest absolute Gasteiger partial charge is 0.305 e. The fraction of sp³-hybridized carbons (Fsp3) is 0.889. The molecule has 0 spiro atoms. The van der Waals surface area contributed by atoms with Crippen LogP contribution in [-0.4, -0.2) is 76.4 Å². The van der Waals surface area contributed by atoms with Gasteiger partial charge in [0.2, 0.25) is 0 Å². The molecule has 0 aromatic rings. The highest BCUT2D eigenvalue weighted by atomic mass is 127. The number of hydrogen-bond donors (Lipinski definition) is 2. The Morgan fingerprint density at radius 2 is 1.85 bits per heavy atom. The van der Waals surface area contributed by atoms with Gasteiger partial charge in [-0.2, -0.15) is 0 Å². The molecule has 0 aliphatic carbocycles. The van der Waals surface area contributed by atoms with Crippen LogP contribution in [0.1, 0.15) is 45.4 Å². The molecule has 0 radical (unpaired) electrons. The highest BCUT2D eigenvalue weighted by molar-refractivity contribution is 14.0. The Morgan fingerprint density at radius 3 is 2.54 bits per heavy atom. The van der Waals surface area contributed by atoms with E-state index >= 15 is 0 Å². The number of carbonyl (C=O) groups is 1. The molecule has 7 nitrogen and oxygen atoms in total. The first-order valence-corrected chi connectivity index (χ1v) is 9.65. The van der Waals surface area contributed by atoms with Crippen molar-refractivity contribution >= 4 is 35.9 Å². The van der Waals surface area contributed by atoms with Crippen molar-refractivity contribution in [2.45, 2.75) is 45.4 Å². The lowest BCUT2D eigenvalue weighted by Gasteiger charge is -2.26. The van der Waals surface area contributed by atoms with Gasteiger partial charge < -0.3 is 20.1 Å². The van der Waals surface area contributed by atoms with E-state index in [9.17, 15) is 4.79 Å². The molecule has 0 unspecified atom stereocenters. The second kappa shape index (κ2) is 17.8. The lowest BCUT2D eigenvalue weighted by molar-refractivity contribution is -0.140. The molecular weight excluding hydrogens is 447 g/mol. The molecule has 8 heteroatoms. The molecule has 0 aromatic heterocycles. The summed E-state index contributed by atoms with van der Waals surface area (Å²) in [6, 6.07) is 0. The molecule has 1 saturated heterocycles. The molecule has 1 heterocycles. The minimum Gasteiger partial charge on any atom is -0.469 e. The standard InChI is InChI=1S/C18H36N4O3.HI/c1-3-19-18(20-10-7-5-4-6-9-17(23)24-2)21-11-8-12-22-13-15-25-16-14-22;/h3-16H2,1-2H3,(H2,19,20,21);1H. The molecule has 154 valence electrons. The van der Waals surface area contributed by atoms with Crippen LogP contribution in [-0.2, 0) is 14.3 Å². The Morgan fingerprint density at radius 1 is 1.12 bits per heavy atom. The van der Waals surface area contributed by atoms with Gasteiger partial charge in [-0.05, 0) is 26.2 Å². The maximum absolute atomic E-state index is 11.0. The van der Waals surface area contributed by atoms with Crippen LogP contribution in [0.2, 0.25) is 0 Å². The van der Waals surface area contributed by atoms with E-state index in [4.69, 9.17) is 4.74 Å². The summed E-state index contributed by atoms with van der Waals surface area (Å²) < 4.78 is 10.00. The van der Waals surface area contributed by atoms with Gasteiger partial charge in [0.15, 0.2) is 5.96 Å². The fourth-order valence-corrected chi connectivity index (χ4v) is 2.71. The van der Waals surface area contributed by atoms with Gasteiger partial charge in [-0.1, -0.05) is 12.8 Å². The van der Waals surface area contributed by atoms with Crippen molar-refractivity contribution in [1.29, 1.82) is 0 Å². The van der Waals surface area contributed by atoms with Gasteiger partial charge in [-0.25, -0.2) is 0 Å². The van der Waals surface area contributed by atoms with Crippen molar-refractivity contribution in [2.24, 2.45) is 4.99 Å². The van der Waals surface area contributed by atoms with Crippen molar-refractivity contribution in [3.8, 4) is 0 Å². The van der Waals surface area contributed by atoms with E-state index in [0.717, 1.165) is 90.5 Å². The number of methoxy groups -OCH3 is 1. The van der Waals surface area contributed by atoms with E-state index in [1.807, 2.05) is 0 Å². The van der Waals surface area contributed by atoms with Crippen LogP contribution in [0, 0.1) is 0 Å². The topological polar surface area (TPSA) is 75.2 Å². The number of guanidine groups is 1. The molecule has 26 heavy (non-hydrogen) atoms. The van der Waals surface area contributed by atoms with E-state index in [0.29, 0.717) is 6.42 Å². The number of esters is 1. The van der Waals surface area contributed by atoms with E-state index in [1.54, 1.807) is 0 Å². The Bertz CT molecular complexity index is 377. The van der Waals surface area contributed by atoms with Crippen LogP contribution in [0.5, 0.6) is 0 Å². The Balaban J connectivity index is 0.00000625. The Kier molecular flexibility index (Phi) is 17.4. The van der Waals surface area contributed by atoms with E-state index in [2.05, 4.69) is 32.2 Å². The van der Waals surface area contributed by atoms with Crippen LogP contribution < -0.4 is 10.6 Å². The zero-order chi connectivity index (χ0) is 18.2. The summed E-state index contributed by atoms with van der Waals surface area (Å²) in [5.41, 5.74) is 0. The number of nitrogens with one attached hydrogen (secondary N) is 2. The molecule has 1 aliphatic heterocycles. The lowest BCUT2D eigenvalue weighted by atomic mass is 10.1. The van der Waals surface area contributed by atoms with E-state index in [1.165, 1.54) is 7.11 Å². The molecule has 2 N–H and O–H groups in total. The molecule has 1 rings (SSSR count). The summed E-state index contributed by atoms with van der Waals surface area (Å²) >= 11 is 0. The molecule has 0 aromatic carbocycles. The molecule has 1 fully saturated rings. The number of hydrogen-bond acceptors (Lipinski definition) is 5. The van der Waals surface area contributed by atoms with Crippen molar-refractivity contribution in [1.82, 2.24) is 15.5 Å². The fourth-order valence-electron chi connectivity index (χ4n) is 2.71. The SMILES string of the molecule is CCNC(=NCCCN1CCOCC1)NCCCCCCC(=O)OC.I. The maximum Gasteiger partial charge on any atom is 0.305 e. The molecule has 1 aliphatic rings. The van der Waals surface area contributed by atoms with Crippen LogP contribution >= 0.6 is 24.0 Å². The monoisotopic (exact) mass is 484 g/mol. The molecular formula is C18H37IN4O3. The molecule has 0 amide bonds. The number of rotatable bonds is 12. The first-order valence-electron chi connectivity index (χ1n) is 9.65. The predicted molar refractivity (Wildman–Crippen MR) is 116 cm³/mol. The van der Waals surface area contributed by atoms with Gasteiger partial charge in [0, 0.05) is 45.7 Å². The summed E-state index contributed by atoms with van der Waals surface area (Å²) in [4.78, 5) is 18.1. The van der Waals surface area contributed by atoms with Gasteiger partial charge in [-0.15, -0.1) is 24.0 Å². The maximum atomic E-state index is 11.0. The number of carbonyl (C=O) groups excluding carboxylic acids is 1. The second-order valence-electron chi connectivity index (χ2n) is 6.24. The van der Waals surface area contributed by atoms with Gasteiger partial charge in [0.05, 0.1) is 20.3 Å². The first-order chi connectivity index (χ1) is 12.3. The van der Waals surface area contributed by atoms with Gasteiger partial charge in [-0.3, -0.25) is 14.7 Å². The van der Waals surface area contributed by atoms with Crippen LogP contribution in [0.15, 0.2) is 4.99 Å². The van der Waals surface area contributed by atoms with Crippen LogP contribution in [0.25, 0.3) is 0 Å². The highest BCUT2D eigenvalue weighted by Gasteiger charge is 2.09. The summed E-state index contributed by atoms with van der Waals surface area (Å²) in [6.07, 6.45) is 5.76. The Hall–Kier alpha value is -0.610. The minimum atomic E-state index is -0.114. The molecule has 0 atom stereocenters. The summed E-state index contributed by atoms with van der Waals surface area (Å²) in [7, 11) is 1.44. The second-order valence-corrected chi connectivity index (χ2v) is 6.24. The van der Waals surface area contributed by atoms with Gasteiger partial charge >= 0.3 is 5.97 Å². The van der Waals surface area contributed by atoms with Crippen molar-refractivity contribution in [3.63, 3.8) is 0 Å². The van der Waals surface area contributed by atoms with E-state index < -0.39 is 0 Å².